The van der Waals surface area contributed by atoms with Gasteiger partial charge < -0.3 is 49.8 Å². The first-order chi connectivity index (χ1) is 47.6. The van der Waals surface area contributed by atoms with Crippen LogP contribution >= 0.6 is 0 Å². The second kappa shape index (κ2) is 51.9. The summed E-state index contributed by atoms with van der Waals surface area (Å²) in [6.45, 7) is 81.2. The summed E-state index contributed by atoms with van der Waals surface area (Å²) in [5, 5.41) is 95.8. The fourth-order valence-electron chi connectivity index (χ4n) is 12.8. The summed E-state index contributed by atoms with van der Waals surface area (Å²) < 4.78 is 2.84. The van der Waals surface area contributed by atoms with Crippen molar-refractivity contribution in [3.8, 4) is 46.0 Å². The van der Waals surface area contributed by atoms with Gasteiger partial charge in [0.25, 0.3) is 0 Å². The molecule has 4 aromatic rings. The minimum absolute atomic E-state index is 0. The summed E-state index contributed by atoms with van der Waals surface area (Å²) in [5.41, 5.74) is 2.65. The van der Waals surface area contributed by atoms with Crippen LogP contribution in [0.15, 0.2) is 48.5 Å². The smallest absolute Gasteiger partial charge is 0.873 e. The fraction of sp³-hybridized carbons (Fsp3) is 0.745. The first kappa shape index (κ1) is 111. The van der Waals surface area contributed by atoms with Crippen LogP contribution in [0, 0.1) is 0 Å². The Kier molecular flexibility index (Phi) is 54.4. The molecule has 0 atom stereocenters. The zero-order chi connectivity index (χ0) is 81.7. The number of nitrogens with zero attached hydrogens (tertiary/aromatic N) is 2. The summed E-state index contributed by atoms with van der Waals surface area (Å²) in [6, 6.07) is 14.4. The molecule has 0 heterocycles. The maximum Gasteiger partial charge on any atom is 3.00 e. The Balaban J connectivity index is -0.000000377. The molecule has 12 heteroatoms. The summed E-state index contributed by atoms with van der Waals surface area (Å²) in [7, 11) is 0. The SMILES string of the molecule is CC(C)(C)c1ccc(C(C)(C)C)c([O-])c1[O-].CC(C)(C)c1ccc(C(C)(C)C)c([O-])c1[O-].CC(C)(C)c1ccc(C(C)(C)C)c([O-])c1[O-].CC(C)(C)c1ccc(C(C)(C)C)c([O-])c1[O-].CCCCCC.CCCC[N+](CCCC)(CCCC)CCCC.CCCC[N+](CCCC)(CCCC)CCCC.[Ru+3].[Ru+3]. The van der Waals surface area contributed by atoms with Crippen molar-refractivity contribution in [1.82, 2.24) is 0 Å². The van der Waals surface area contributed by atoms with E-state index in [4.69, 9.17) is 0 Å². The monoisotopic (exact) mass is 1660 g/mol. The van der Waals surface area contributed by atoms with Crippen molar-refractivity contribution in [2.75, 3.05) is 52.4 Å². The maximum absolute atomic E-state index is 12.0. The molecule has 0 aliphatic rings. The average Bonchev–Trinajstić information content (AvgIpc) is 0.809. The van der Waals surface area contributed by atoms with Crippen molar-refractivity contribution in [3.05, 3.63) is 93.0 Å². The number of unbranched alkanes of at least 4 members (excludes halogenated alkanes) is 11. The van der Waals surface area contributed by atoms with Crippen LogP contribution in [0.25, 0.3) is 0 Å². The Morgan fingerprint density at radius 2 is 0.264 bits per heavy atom. The zero-order valence-electron chi connectivity index (χ0n) is 75.3. The van der Waals surface area contributed by atoms with Gasteiger partial charge in [-0.1, -0.05) is 405 Å². The molecule has 0 spiro atoms. The molecule has 0 aliphatic heterocycles. The molecule has 0 saturated heterocycles. The molecular formula is C94H166N2O8Ru2. The topological polar surface area (TPSA) is 184 Å². The number of benzene rings is 4. The molecule has 4 rings (SSSR count). The van der Waals surface area contributed by atoms with Gasteiger partial charge in [0, 0.05) is 0 Å². The van der Waals surface area contributed by atoms with Crippen molar-refractivity contribution < 1.29 is 88.8 Å². The van der Waals surface area contributed by atoms with E-state index in [0.717, 1.165) is 0 Å². The van der Waals surface area contributed by atoms with Crippen LogP contribution in [0.4, 0.5) is 0 Å². The van der Waals surface area contributed by atoms with E-state index >= 15 is 0 Å². The van der Waals surface area contributed by atoms with Crippen molar-refractivity contribution in [2.45, 2.75) is 407 Å². The van der Waals surface area contributed by atoms with Crippen LogP contribution in [0.3, 0.4) is 0 Å². The van der Waals surface area contributed by atoms with Gasteiger partial charge in [-0.25, -0.2) is 0 Å². The van der Waals surface area contributed by atoms with Gasteiger partial charge in [-0.05, 0) is 94.7 Å². The van der Waals surface area contributed by atoms with E-state index < -0.39 is 0 Å². The van der Waals surface area contributed by atoms with E-state index in [9.17, 15) is 40.9 Å². The van der Waals surface area contributed by atoms with Crippen LogP contribution in [0.1, 0.15) is 408 Å². The number of hydrogen-bond donors (Lipinski definition) is 0. The van der Waals surface area contributed by atoms with E-state index in [-0.39, 0.29) is 128 Å². The fourth-order valence-corrected chi connectivity index (χ4v) is 12.8. The molecule has 0 N–H and O–H groups in total. The number of rotatable bonds is 27. The zero-order valence-corrected chi connectivity index (χ0v) is 78.8. The molecule has 616 valence electrons. The Labute approximate surface area is 682 Å². The van der Waals surface area contributed by atoms with E-state index in [1.165, 1.54) is 190 Å². The van der Waals surface area contributed by atoms with E-state index in [1.807, 2.05) is 166 Å². The average molecular weight is 1650 g/mol. The van der Waals surface area contributed by atoms with Crippen LogP contribution in [-0.4, -0.2) is 61.3 Å². The molecule has 0 amide bonds. The molecule has 0 saturated carbocycles. The van der Waals surface area contributed by atoms with Crippen LogP contribution < -0.4 is 40.9 Å². The predicted molar refractivity (Wildman–Crippen MR) is 439 cm³/mol. The third-order valence-electron chi connectivity index (χ3n) is 19.8. The molecule has 4 aromatic carbocycles. The molecular weight excluding hydrogens is 1490 g/mol. The Hall–Kier alpha value is -3.55. The summed E-state index contributed by atoms with van der Waals surface area (Å²) >= 11 is 0. The van der Waals surface area contributed by atoms with Gasteiger partial charge in [0.2, 0.25) is 0 Å². The Bertz CT molecular complexity index is 2360. The van der Waals surface area contributed by atoms with Gasteiger partial charge in [-0.3, -0.25) is 0 Å². The third kappa shape index (κ3) is 41.1. The van der Waals surface area contributed by atoms with Crippen LogP contribution in [0.2, 0.25) is 0 Å². The minimum atomic E-state index is -0.347. The van der Waals surface area contributed by atoms with Crippen molar-refractivity contribution >= 4 is 0 Å². The van der Waals surface area contributed by atoms with Gasteiger partial charge in [0.15, 0.2) is 0 Å². The van der Waals surface area contributed by atoms with Crippen LogP contribution in [-0.2, 0) is 82.3 Å². The van der Waals surface area contributed by atoms with E-state index in [2.05, 4.69) is 69.2 Å². The minimum Gasteiger partial charge on any atom is -0.873 e. The second-order valence-corrected chi connectivity index (χ2v) is 38.3. The summed E-state index contributed by atoms with van der Waals surface area (Å²) in [6.07, 6.45) is 27.7. The predicted octanol–water partition coefficient (Wildman–Crippen LogP) is 22.3. The first-order valence-electron chi connectivity index (χ1n) is 41.4. The molecule has 106 heavy (non-hydrogen) atoms. The summed E-state index contributed by atoms with van der Waals surface area (Å²) in [4.78, 5) is 0. The Morgan fingerprint density at radius 3 is 0.330 bits per heavy atom. The van der Waals surface area contributed by atoms with E-state index in [1.54, 1.807) is 48.5 Å². The van der Waals surface area contributed by atoms with Gasteiger partial charge in [-0.2, -0.15) is 0 Å². The maximum atomic E-state index is 12.0. The number of quaternary nitrogens is 2. The van der Waals surface area contributed by atoms with Crippen molar-refractivity contribution in [1.29, 1.82) is 0 Å². The molecule has 0 aliphatic carbocycles. The van der Waals surface area contributed by atoms with Crippen molar-refractivity contribution in [3.63, 3.8) is 0 Å². The van der Waals surface area contributed by atoms with Gasteiger partial charge in [0.05, 0.1) is 52.4 Å². The largest absolute Gasteiger partial charge is 3.00 e. The van der Waals surface area contributed by atoms with Gasteiger partial charge in [-0.15, -0.1) is 46.0 Å². The van der Waals surface area contributed by atoms with Gasteiger partial charge >= 0.3 is 39.0 Å². The first-order valence-corrected chi connectivity index (χ1v) is 41.4. The third-order valence-corrected chi connectivity index (χ3v) is 19.8. The van der Waals surface area contributed by atoms with Crippen LogP contribution in [0.5, 0.6) is 46.0 Å². The summed E-state index contributed by atoms with van der Waals surface area (Å²) in [5.74, 6) is -2.78. The Morgan fingerprint density at radius 1 is 0.179 bits per heavy atom. The molecule has 0 fully saturated rings. The standard InChI is InChI=1S/2C16H36N.4C14H22O2.C6H14.2Ru/c2*1-5-9-13-17(14-10-6-2,15-11-7-3)16-12-8-4;4*1-13(2,3)9-7-8-10(14(4,5)6)12(16)11(9)15;1-3-5-6-4-2;;/h2*5-16H2,1-4H3;4*7-8,15-16H,1-6H3;3-6H2,1-2H3;;/q2*+1;;;;;;2*+3/p-8. The molecule has 2 radical (unpaired) electrons. The van der Waals surface area contributed by atoms with E-state index in [0.29, 0.717) is 44.5 Å². The second-order valence-electron chi connectivity index (χ2n) is 38.3. The quantitative estimate of drug-likeness (QED) is 0.0321. The molecule has 0 aromatic heterocycles. The van der Waals surface area contributed by atoms with Crippen molar-refractivity contribution in [2.24, 2.45) is 0 Å². The molecule has 10 nitrogen and oxygen atoms in total. The number of hydrogen-bond acceptors (Lipinski definition) is 8. The normalized spacial score (nSPS) is 12.1. The molecule has 0 bridgehead atoms. The van der Waals surface area contributed by atoms with Gasteiger partial charge in [0.1, 0.15) is 0 Å². The molecule has 0 unspecified atom stereocenters.